The van der Waals surface area contributed by atoms with Gasteiger partial charge in [0.15, 0.2) is 10.9 Å². The molecule has 0 radical (unpaired) electrons. The zero-order valence-corrected chi connectivity index (χ0v) is 18.2. The number of fused-ring (bicyclic) bond motifs is 1. The summed E-state index contributed by atoms with van der Waals surface area (Å²) in [6, 6.07) is 15.4. The van der Waals surface area contributed by atoms with Crippen molar-refractivity contribution in [3.05, 3.63) is 71.0 Å². The number of nitrogens with zero attached hydrogens (tertiary/aromatic N) is 4. The molecule has 2 aromatic heterocycles. The summed E-state index contributed by atoms with van der Waals surface area (Å²) in [6.07, 6.45) is 0.787. The van der Waals surface area contributed by atoms with Crippen LogP contribution in [0.15, 0.2) is 48.5 Å². The van der Waals surface area contributed by atoms with E-state index in [-0.39, 0.29) is 5.91 Å². The molecule has 0 saturated carbocycles. The molecule has 152 valence electrons. The molecule has 4 aromatic rings. The summed E-state index contributed by atoms with van der Waals surface area (Å²) >= 11 is 6.75. The van der Waals surface area contributed by atoms with E-state index < -0.39 is 0 Å². The van der Waals surface area contributed by atoms with E-state index in [1.807, 2.05) is 50.2 Å². The Hall–Kier alpha value is -3.17. The molecule has 2 aromatic carbocycles. The predicted octanol–water partition coefficient (Wildman–Crippen LogP) is 3.53. The molecule has 0 fully saturated rings. The number of benzene rings is 2. The first kappa shape index (κ1) is 20.1. The van der Waals surface area contributed by atoms with Gasteiger partial charge in [-0.25, -0.2) is 0 Å². The second kappa shape index (κ2) is 8.68. The number of hydrogen-bond donors (Lipinski definition) is 2. The van der Waals surface area contributed by atoms with Crippen molar-refractivity contribution in [3.63, 3.8) is 0 Å². The van der Waals surface area contributed by atoms with E-state index in [1.165, 1.54) is 11.3 Å². The number of aromatic nitrogens is 4. The third-order valence-corrected chi connectivity index (χ3v) is 5.76. The van der Waals surface area contributed by atoms with Gasteiger partial charge in [-0.05, 0) is 36.8 Å². The minimum absolute atomic E-state index is 0.224. The van der Waals surface area contributed by atoms with Crippen LogP contribution < -0.4 is 10.6 Å². The number of rotatable bonds is 5. The molecular formula is C21H20N6OS2. The van der Waals surface area contributed by atoms with Gasteiger partial charge in [-0.2, -0.15) is 9.61 Å². The number of hydrogen-bond acceptors (Lipinski definition) is 6. The van der Waals surface area contributed by atoms with Crippen molar-refractivity contribution in [1.82, 2.24) is 30.4 Å². The maximum atomic E-state index is 12.2. The Morgan fingerprint density at radius 2 is 1.83 bits per heavy atom. The molecule has 9 heteroatoms. The van der Waals surface area contributed by atoms with Gasteiger partial charge >= 0.3 is 0 Å². The normalized spacial score (nSPS) is 10.9. The van der Waals surface area contributed by atoms with Gasteiger partial charge in [0.25, 0.3) is 5.91 Å². The van der Waals surface area contributed by atoms with Gasteiger partial charge in [-0.15, -0.1) is 10.2 Å². The summed E-state index contributed by atoms with van der Waals surface area (Å²) in [7, 11) is 0. The number of amides is 1. The molecule has 0 spiro atoms. The van der Waals surface area contributed by atoms with Crippen LogP contribution in [-0.2, 0) is 13.0 Å². The van der Waals surface area contributed by atoms with Crippen molar-refractivity contribution >= 4 is 39.5 Å². The highest BCUT2D eigenvalue weighted by molar-refractivity contribution is 7.80. The molecule has 1 amide bonds. The SMILES string of the molecule is CCc1nnc2sc(-c3ccc(CNC(=S)NC(=O)c4ccc(C)cc4)cc3)nn12. The van der Waals surface area contributed by atoms with Crippen LogP contribution in [0.1, 0.15) is 34.2 Å². The van der Waals surface area contributed by atoms with Gasteiger partial charge in [0.2, 0.25) is 4.96 Å². The summed E-state index contributed by atoms with van der Waals surface area (Å²) in [5.41, 5.74) is 3.74. The average molecular weight is 437 g/mol. The van der Waals surface area contributed by atoms with Gasteiger partial charge in [0, 0.05) is 24.1 Å². The number of carbonyl (C=O) groups excluding carboxylic acids is 1. The average Bonchev–Trinajstić information content (AvgIpc) is 3.34. The van der Waals surface area contributed by atoms with E-state index >= 15 is 0 Å². The Morgan fingerprint density at radius 1 is 1.10 bits per heavy atom. The molecule has 0 atom stereocenters. The van der Waals surface area contributed by atoms with Crippen molar-refractivity contribution in [2.75, 3.05) is 0 Å². The highest BCUT2D eigenvalue weighted by Gasteiger charge is 2.12. The van der Waals surface area contributed by atoms with Crippen LogP contribution in [0.25, 0.3) is 15.5 Å². The van der Waals surface area contributed by atoms with E-state index in [9.17, 15) is 4.79 Å². The molecule has 0 aliphatic carbocycles. The van der Waals surface area contributed by atoms with Crippen LogP contribution in [0.5, 0.6) is 0 Å². The standard InChI is InChI=1S/C21H20N6OS2/c1-3-17-24-25-21-27(17)26-19(30-21)16-10-6-14(7-11-16)12-22-20(29)23-18(28)15-8-4-13(2)5-9-15/h4-11H,3,12H2,1-2H3,(H2,22,23,28,29). The summed E-state index contributed by atoms with van der Waals surface area (Å²) in [5.74, 6) is 0.632. The maximum Gasteiger partial charge on any atom is 0.257 e. The summed E-state index contributed by atoms with van der Waals surface area (Å²) in [4.78, 5) is 13.0. The first-order valence-electron chi connectivity index (χ1n) is 9.50. The Morgan fingerprint density at radius 3 is 2.53 bits per heavy atom. The number of nitrogens with one attached hydrogen (secondary N) is 2. The van der Waals surface area contributed by atoms with Crippen LogP contribution in [0, 0.1) is 6.92 Å². The van der Waals surface area contributed by atoms with Gasteiger partial charge in [-0.1, -0.05) is 60.2 Å². The lowest BCUT2D eigenvalue weighted by Gasteiger charge is -2.10. The van der Waals surface area contributed by atoms with Gasteiger partial charge < -0.3 is 5.32 Å². The molecular weight excluding hydrogens is 416 g/mol. The lowest BCUT2D eigenvalue weighted by atomic mass is 10.1. The number of carbonyl (C=O) groups is 1. The topological polar surface area (TPSA) is 84.2 Å². The highest BCUT2D eigenvalue weighted by Crippen LogP contribution is 2.25. The minimum Gasteiger partial charge on any atom is -0.358 e. The zero-order valence-electron chi connectivity index (χ0n) is 16.5. The second-order valence-corrected chi connectivity index (χ2v) is 8.14. The Labute approximate surface area is 183 Å². The van der Waals surface area contributed by atoms with Gasteiger partial charge in [0.1, 0.15) is 5.01 Å². The second-order valence-electron chi connectivity index (χ2n) is 6.77. The minimum atomic E-state index is -0.224. The van der Waals surface area contributed by atoms with E-state index in [0.717, 1.165) is 38.9 Å². The van der Waals surface area contributed by atoms with Gasteiger partial charge in [-0.3, -0.25) is 10.1 Å². The summed E-state index contributed by atoms with van der Waals surface area (Å²) < 4.78 is 1.80. The van der Waals surface area contributed by atoms with Crippen molar-refractivity contribution in [3.8, 4) is 10.6 Å². The molecule has 0 unspecified atom stereocenters. The lowest BCUT2D eigenvalue weighted by Crippen LogP contribution is -2.38. The third kappa shape index (κ3) is 4.37. The van der Waals surface area contributed by atoms with Crippen molar-refractivity contribution in [2.24, 2.45) is 0 Å². The molecule has 7 nitrogen and oxygen atoms in total. The fraction of sp³-hybridized carbons (Fsp3) is 0.190. The van der Waals surface area contributed by atoms with E-state index in [4.69, 9.17) is 12.2 Å². The zero-order chi connectivity index (χ0) is 21.1. The molecule has 4 rings (SSSR count). The van der Waals surface area contributed by atoms with Gasteiger partial charge in [0.05, 0.1) is 0 Å². The van der Waals surface area contributed by atoms with E-state index in [1.54, 1.807) is 16.6 Å². The van der Waals surface area contributed by atoms with Crippen molar-refractivity contribution in [1.29, 1.82) is 0 Å². The quantitative estimate of drug-likeness (QED) is 0.466. The fourth-order valence-electron chi connectivity index (χ4n) is 2.87. The van der Waals surface area contributed by atoms with Crippen LogP contribution in [-0.4, -0.2) is 30.8 Å². The first-order valence-corrected chi connectivity index (χ1v) is 10.7. The monoisotopic (exact) mass is 436 g/mol. The molecule has 2 heterocycles. The summed E-state index contributed by atoms with van der Waals surface area (Å²) in [5, 5.41) is 19.9. The van der Waals surface area contributed by atoms with Crippen LogP contribution in [0.4, 0.5) is 0 Å². The number of thiocarbonyl (C=S) groups is 1. The summed E-state index contributed by atoms with van der Waals surface area (Å²) in [6.45, 7) is 4.52. The maximum absolute atomic E-state index is 12.2. The predicted molar refractivity (Wildman–Crippen MR) is 122 cm³/mol. The molecule has 0 aliphatic heterocycles. The van der Waals surface area contributed by atoms with E-state index in [0.29, 0.717) is 17.2 Å². The van der Waals surface area contributed by atoms with Crippen LogP contribution in [0.3, 0.4) is 0 Å². The Bertz CT molecular complexity index is 1190. The first-order chi connectivity index (χ1) is 14.5. The molecule has 0 aliphatic rings. The lowest BCUT2D eigenvalue weighted by molar-refractivity contribution is 0.0976. The highest BCUT2D eigenvalue weighted by atomic mass is 32.1. The molecule has 2 N–H and O–H groups in total. The third-order valence-electron chi connectivity index (χ3n) is 4.57. The smallest absolute Gasteiger partial charge is 0.257 e. The van der Waals surface area contributed by atoms with Crippen LogP contribution in [0.2, 0.25) is 0 Å². The molecule has 0 bridgehead atoms. The van der Waals surface area contributed by atoms with Crippen molar-refractivity contribution < 1.29 is 4.79 Å². The fourth-order valence-corrected chi connectivity index (χ4v) is 3.90. The van der Waals surface area contributed by atoms with Crippen molar-refractivity contribution in [2.45, 2.75) is 26.8 Å². The van der Waals surface area contributed by atoms with Crippen LogP contribution >= 0.6 is 23.6 Å². The Kier molecular flexibility index (Phi) is 5.82. The molecule has 0 saturated heterocycles. The Balaban J connectivity index is 1.35. The number of aryl methyl sites for hydroxylation is 2. The largest absolute Gasteiger partial charge is 0.358 e. The van der Waals surface area contributed by atoms with E-state index in [2.05, 4.69) is 25.9 Å². The molecule has 30 heavy (non-hydrogen) atoms.